The van der Waals surface area contributed by atoms with Crippen molar-refractivity contribution in [3.05, 3.63) is 24.4 Å². The smallest absolute Gasteiger partial charge is 0.449 e. The largest absolute Gasteiger partial charge is 0.512 e. The zero-order chi connectivity index (χ0) is 11.5. The summed E-state index contributed by atoms with van der Waals surface area (Å²) < 4.78 is 6.46. The maximum Gasteiger partial charge on any atom is 0.512 e. The highest BCUT2D eigenvalue weighted by Crippen LogP contribution is 2.29. The molecule has 0 aliphatic rings. The number of ether oxygens (including phenoxy) is 1. The summed E-state index contributed by atoms with van der Waals surface area (Å²) >= 11 is 1.49. The number of aromatic nitrogens is 2. The molecule has 6 heteroatoms. The number of carbonyl (C=O) groups is 1. The predicted octanol–water partition coefficient (Wildman–Crippen LogP) is 2.50. The Morgan fingerprint density at radius 2 is 2.44 bits per heavy atom. The highest BCUT2D eigenvalue weighted by atomic mass is 32.2. The molecule has 0 unspecified atom stereocenters. The van der Waals surface area contributed by atoms with Gasteiger partial charge in [-0.25, -0.2) is 4.79 Å². The lowest BCUT2D eigenvalue weighted by Crippen LogP contribution is -2.04. The van der Waals surface area contributed by atoms with E-state index in [0.717, 1.165) is 5.75 Å². The second-order valence-electron chi connectivity index (χ2n) is 2.95. The molecule has 0 saturated carbocycles. The van der Waals surface area contributed by atoms with Gasteiger partial charge in [0, 0.05) is 6.20 Å². The summed E-state index contributed by atoms with van der Waals surface area (Å²) in [7, 11) is 0. The Balaban J connectivity index is 2.53. The van der Waals surface area contributed by atoms with Crippen molar-refractivity contribution in [2.45, 2.75) is 11.9 Å². The Hall–Kier alpha value is -1.69. The normalized spacial score (nSPS) is 10.6. The third kappa shape index (κ3) is 1.96. The standard InChI is InChI=1S/C10H10N2O3S/c1-2-16-9-8(15-10(13)14)11-7-5-3-4-6-12(7)9/h3-6H,2H2,1H3,(H,13,14). The SMILES string of the molecule is CCSc1c(OC(=O)O)nc2ccccn12. The molecule has 2 heterocycles. The first-order valence-corrected chi connectivity index (χ1v) is 5.71. The van der Waals surface area contributed by atoms with Crippen LogP contribution in [0.5, 0.6) is 5.88 Å². The number of nitrogens with zero attached hydrogens (tertiary/aromatic N) is 2. The molecule has 0 spiro atoms. The number of thioether (sulfide) groups is 1. The summed E-state index contributed by atoms with van der Waals surface area (Å²) in [5, 5.41) is 9.31. The van der Waals surface area contributed by atoms with Gasteiger partial charge in [-0.15, -0.1) is 11.8 Å². The van der Waals surface area contributed by atoms with Crippen LogP contribution in [-0.4, -0.2) is 26.4 Å². The van der Waals surface area contributed by atoms with E-state index >= 15 is 0 Å². The predicted molar refractivity (Wildman–Crippen MR) is 60.2 cm³/mol. The molecule has 5 nitrogen and oxygen atoms in total. The number of hydrogen-bond acceptors (Lipinski definition) is 4. The monoisotopic (exact) mass is 238 g/mol. The molecule has 16 heavy (non-hydrogen) atoms. The summed E-state index contributed by atoms with van der Waals surface area (Å²) in [6.45, 7) is 1.98. The minimum Gasteiger partial charge on any atom is -0.449 e. The maximum atomic E-state index is 10.5. The maximum absolute atomic E-state index is 10.5. The van der Waals surface area contributed by atoms with Crippen molar-refractivity contribution in [3.8, 4) is 5.88 Å². The van der Waals surface area contributed by atoms with Gasteiger partial charge in [-0.2, -0.15) is 4.98 Å². The Kier molecular flexibility index (Phi) is 3.00. The second kappa shape index (κ2) is 4.44. The van der Waals surface area contributed by atoms with Gasteiger partial charge >= 0.3 is 6.16 Å². The Labute approximate surface area is 96.1 Å². The molecule has 0 bridgehead atoms. The van der Waals surface area contributed by atoms with Crippen LogP contribution in [0.15, 0.2) is 29.4 Å². The van der Waals surface area contributed by atoms with Crippen molar-refractivity contribution in [1.29, 1.82) is 0 Å². The third-order valence-corrected chi connectivity index (χ3v) is 2.85. The van der Waals surface area contributed by atoms with E-state index in [4.69, 9.17) is 5.11 Å². The van der Waals surface area contributed by atoms with Crippen LogP contribution in [0, 0.1) is 0 Å². The van der Waals surface area contributed by atoms with Crippen molar-refractivity contribution in [3.63, 3.8) is 0 Å². The van der Waals surface area contributed by atoms with Crippen molar-refractivity contribution >= 4 is 23.6 Å². The van der Waals surface area contributed by atoms with E-state index in [-0.39, 0.29) is 5.88 Å². The highest BCUT2D eigenvalue weighted by Gasteiger charge is 2.15. The quantitative estimate of drug-likeness (QED) is 0.657. The van der Waals surface area contributed by atoms with Crippen molar-refractivity contribution in [1.82, 2.24) is 9.38 Å². The molecule has 2 aromatic heterocycles. The minimum absolute atomic E-state index is 0.144. The second-order valence-corrected chi connectivity index (χ2v) is 4.20. The molecule has 2 rings (SSSR count). The molecular weight excluding hydrogens is 228 g/mol. The molecule has 0 fully saturated rings. The van der Waals surface area contributed by atoms with Gasteiger partial charge in [0.15, 0.2) is 0 Å². The van der Waals surface area contributed by atoms with Gasteiger partial charge in [0.05, 0.1) is 0 Å². The van der Waals surface area contributed by atoms with Crippen LogP contribution in [0.1, 0.15) is 6.92 Å². The Morgan fingerprint density at radius 1 is 1.62 bits per heavy atom. The lowest BCUT2D eigenvalue weighted by Gasteiger charge is -2.00. The first-order valence-electron chi connectivity index (χ1n) is 4.73. The number of pyridine rings is 1. The van der Waals surface area contributed by atoms with Crippen LogP contribution in [0.25, 0.3) is 5.65 Å². The average Bonchev–Trinajstić information content (AvgIpc) is 2.57. The summed E-state index contributed by atoms with van der Waals surface area (Å²) in [4.78, 5) is 14.6. The van der Waals surface area contributed by atoms with Gasteiger partial charge in [0.1, 0.15) is 10.7 Å². The van der Waals surface area contributed by atoms with Crippen LogP contribution in [0.4, 0.5) is 4.79 Å². The molecule has 0 aromatic carbocycles. The zero-order valence-corrected chi connectivity index (χ0v) is 9.40. The molecule has 0 aliphatic heterocycles. The molecule has 84 valence electrons. The Bertz CT molecular complexity index is 524. The first-order chi connectivity index (χ1) is 7.72. The Morgan fingerprint density at radius 3 is 3.12 bits per heavy atom. The lowest BCUT2D eigenvalue weighted by atomic mass is 10.5. The van der Waals surface area contributed by atoms with Crippen LogP contribution in [0.2, 0.25) is 0 Å². The van der Waals surface area contributed by atoms with Crippen molar-refractivity contribution in [2.24, 2.45) is 0 Å². The molecule has 0 aliphatic carbocycles. The number of carboxylic acid groups (broad SMARTS) is 1. The van der Waals surface area contributed by atoms with Crippen molar-refractivity contribution in [2.75, 3.05) is 5.75 Å². The van der Waals surface area contributed by atoms with E-state index in [0.29, 0.717) is 10.7 Å². The van der Waals surface area contributed by atoms with Gasteiger partial charge in [-0.1, -0.05) is 13.0 Å². The van der Waals surface area contributed by atoms with Gasteiger partial charge in [0.25, 0.3) is 5.88 Å². The number of imidazole rings is 1. The van der Waals surface area contributed by atoms with Crippen LogP contribution in [0.3, 0.4) is 0 Å². The van der Waals surface area contributed by atoms with Gasteiger partial charge in [0.2, 0.25) is 0 Å². The molecule has 0 saturated heterocycles. The summed E-state index contributed by atoms with van der Waals surface area (Å²) in [6.07, 6.45) is 0.482. The number of rotatable bonds is 3. The molecule has 0 radical (unpaired) electrons. The van der Waals surface area contributed by atoms with E-state index in [2.05, 4.69) is 9.72 Å². The van der Waals surface area contributed by atoms with E-state index in [1.807, 2.05) is 29.7 Å². The fourth-order valence-electron chi connectivity index (χ4n) is 1.37. The fraction of sp³-hybridized carbons (Fsp3) is 0.200. The topological polar surface area (TPSA) is 63.8 Å². The van der Waals surface area contributed by atoms with E-state index in [9.17, 15) is 4.79 Å². The summed E-state index contributed by atoms with van der Waals surface area (Å²) in [5.41, 5.74) is 0.676. The molecule has 2 aromatic rings. The van der Waals surface area contributed by atoms with Crippen molar-refractivity contribution < 1.29 is 14.6 Å². The minimum atomic E-state index is -1.35. The van der Waals surface area contributed by atoms with E-state index in [1.165, 1.54) is 11.8 Å². The third-order valence-electron chi connectivity index (χ3n) is 1.92. The lowest BCUT2D eigenvalue weighted by molar-refractivity contribution is 0.141. The summed E-state index contributed by atoms with van der Waals surface area (Å²) in [6, 6.07) is 5.50. The van der Waals surface area contributed by atoms with E-state index in [1.54, 1.807) is 6.07 Å². The van der Waals surface area contributed by atoms with Crippen LogP contribution >= 0.6 is 11.8 Å². The zero-order valence-electron chi connectivity index (χ0n) is 8.58. The average molecular weight is 238 g/mol. The van der Waals surface area contributed by atoms with Gasteiger partial charge in [-0.3, -0.25) is 4.40 Å². The fourth-order valence-corrected chi connectivity index (χ4v) is 2.15. The summed E-state index contributed by atoms with van der Waals surface area (Å²) in [5.74, 6) is 0.962. The molecular formula is C10H10N2O3S. The van der Waals surface area contributed by atoms with Crippen LogP contribution < -0.4 is 4.74 Å². The van der Waals surface area contributed by atoms with Gasteiger partial charge in [-0.05, 0) is 17.9 Å². The van der Waals surface area contributed by atoms with Gasteiger partial charge < -0.3 is 9.84 Å². The number of hydrogen-bond donors (Lipinski definition) is 1. The molecule has 0 atom stereocenters. The molecule has 0 amide bonds. The van der Waals surface area contributed by atoms with E-state index < -0.39 is 6.16 Å². The van der Waals surface area contributed by atoms with Crippen LogP contribution in [-0.2, 0) is 0 Å². The highest BCUT2D eigenvalue weighted by molar-refractivity contribution is 7.99. The molecule has 1 N–H and O–H groups in total. The first kappa shape index (κ1) is 10.8. The number of fused-ring (bicyclic) bond motifs is 1.